The van der Waals surface area contributed by atoms with Crippen LogP contribution in [0.5, 0.6) is 5.75 Å². The molecule has 0 spiro atoms. The van der Waals surface area contributed by atoms with E-state index in [1.54, 1.807) is 30.7 Å². The van der Waals surface area contributed by atoms with Crippen LogP contribution >= 0.6 is 11.6 Å². The number of hydrogen-bond acceptors (Lipinski definition) is 3. The Morgan fingerprint density at radius 1 is 1.47 bits per heavy atom. The molecule has 0 N–H and O–H groups in total. The largest absolute Gasteiger partial charge is 0.486 e. The summed E-state index contributed by atoms with van der Waals surface area (Å²) in [6, 6.07) is 7.07. The third-order valence-electron chi connectivity index (χ3n) is 2.70. The number of hydrogen-bond donors (Lipinski definition) is 0. The molecule has 0 aliphatic rings. The van der Waals surface area contributed by atoms with Crippen molar-refractivity contribution in [1.82, 2.24) is 9.55 Å². The lowest BCUT2D eigenvalue weighted by Gasteiger charge is -2.10. The van der Waals surface area contributed by atoms with Crippen LogP contribution < -0.4 is 4.74 Å². The zero-order valence-electron chi connectivity index (χ0n) is 10.6. The SMILES string of the molecule is CCCn1cncc1COc1cc(Cl)ccc1C#N. The number of benzene rings is 1. The molecule has 0 aliphatic heterocycles. The van der Waals surface area contributed by atoms with Crippen molar-refractivity contribution in [2.24, 2.45) is 0 Å². The Morgan fingerprint density at radius 3 is 3.05 bits per heavy atom. The first-order valence-corrected chi connectivity index (χ1v) is 6.44. The molecule has 4 nitrogen and oxygen atoms in total. The van der Waals surface area contributed by atoms with E-state index in [4.69, 9.17) is 21.6 Å². The molecule has 0 radical (unpaired) electrons. The molecule has 0 amide bonds. The van der Waals surface area contributed by atoms with Crippen LogP contribution in [0.1, 0.15) is 24.6 Å². The molecule has 1 aromatic heterocycles. The van der Waals surface area contributed by atoms with Gasteiger partial charge in [-0.2, -0.15) is 5.26 Å². The monoisotopic (exact) mass is 275 g/mol. The topological polar surface area (TPSA) is 50.8 Å². The van der Waals surface area contributed by atoms with Crippen LogP contribution in [-0.4, -0.2) is 9.55 Å². The van der Waals surface area contributed by atoms with E-state index in [1.165, 1.54) is 0 Å². The molecular formula is C14H14ClN3O. The van der Waals surface area contributed by atoms with Crippen LogP contribution in [0.3, 0.4) is 0 Å². The highest BCUT2D eigenvalue weighted by molar-refractivity contribution is 6.30. The minimum Gasteiger partial charge on any atom is -0.486 e. The van der Waals surface area contributed by atoms with Crippen molar-refractivity contribution < 1.29 is 4.74 Å². The first-order chi connectivity index (χ1) is 9.24. The molecule has 0 aliphatic carbocycles. The van der Waals surface area contributed by atoms with E-state index in [2.05, 4.69) is 18.0 Å². The minimum atomic E-state index is 0.370. The van der Waals surface area contributed by atoms with Gasteiger partial charge in [0.1, 0.15) is 18.4 Å². The molecule has 1 aromatic carbocycles. The van der Waals surface area contributed by atoms with E-state index in [-0.39, 0.29) is 0 Å². The second kappa shape index (κ2) is 6.26. The highest BCUT2D eigenvalue weighted by Crippen LogP contribution is 2.23. The Labute approximate surface area is 117 Å². The number of aromatic nitrogens is 2. The van der Waals surface area contributed by atoms with Crippen LogP contribution in [0.15, 0.2) is 30.7 Å². The molecule has 2 aromatic rings. The van der Waals surface area contributed by atoms with Gasteiger partial charge in [-0.1, -0.05) is 18.5 Å². The van der Waals surface area contributed by atoms with E-state index < -0.39 is 0 Å². The fourth-order valence-electron chi connectivity index (χ4n) is 1.77. The van der Waals surface area contributed by atoms with E-state index in [0.717, 1.165) is 18.7 Å². The van der Waals surface area contributed by atoms with Gasteiger partial charge in [0.05, 0.1) is 23.8 Å². The Balaban J connectivity index is 2.12. The standard InChI is InChI=1S/C14H14ClN3O/c1-2-5-18-10-17-8-13(18)9-19-14-6-12(15)4-3-11(14)7-16/h3-4,6,8,10H,2,5,9H2,1H3. The first kappa shape index (κ1) is 13.4. The summed E-state index contributed by atoms with van der Waals surface area (Å²) < 4.78 is 7.71. The summed E-state index contributed by atoms with van der Waals surface area (Å²) in [5.41, 5.74) is 1.46. The number of nitrogens with zero attached hydrogens (tertiary/aromatic N) is 3. The first-order valence-electron chi connectivity index (χ1n) is 6.06. The average Bonchev–Trinajstić information content (AvgIpc) is 2.84. The highest BCUT2D eigenvalue weighted by atomic mass is 35.5. The van der Waals surface area contributed by atoms with Crippen LogP contribution in [-0.2, 0) is 13.2 Å². The number of rotatable bonds is 5. The van der Waals surface area contributed by atoms with Crippen LogP contribution in [0, 0.1) is 11.3 Å². The Kier molecular flexibility index (Phi) is 4.43. The summed E-state index contributed by atoms with van der Waals surface area (Å²) in [5.74, 6) is 0.499. The molecule has 0 atom stereocenters. The maximum Gasteiger partial charge on any atom is 0.139 e. The summed E-state index contributed by atoms with van der Waals surface area (Å²) in [6.07, 6.45) is 4.58. The van der Waals surface area contributed by atoms with Gasteiger partial charge in [-0.25, -0.2) is 4.98 Å². The lowest BCUT2D eigenvalue weighted by molar-refractivity contribution is 0.294. The predicted molar refractivity (Wildman–Crippen MR) is 73.0 cm³/mol. The molecule has 0 bridgehead atoms. The van der Waals surface area contributed by atoms with Crippen LogP contribution in [0.25, 0.3) is 0 Å². The Bertz CT molecular complexity index is 601. The predicted octanol–water partition coefficient (Wildman–Crippen LogP) is 3.40. The molecule has 0 saturated heterocycles. The van der Waals surface area contributed by atoms with Crippen molar-refractivity contribution in [3.8, 4) is 11.8 Å². The quantitative estimate of drug-likeness (QED) is 0.840. The summed E-state index contributed by atoms with van der Waals surface area (Å²) in [6.45, 7) is 3.38. The van der Waals surface area contributed by atoms with Crippen molar-refractivity contribution in [2.75, 3.05) is 0 Å². The summed E-state index contributed by atoms with van der Waals surface area (Å²) in [7, 11) is 0. The van der Waals surface area contributed by atoms with Crippen LogP contribution in [0.4, 0.5) is 0 Å². The van der Waals surface area contributed by atoms with Gasteiger partial charge < -0.3 is 9.30 Å². The van der Waals surface area contributed by atoms with Gasteiger partial charge in [-0.15, -0.1) is 0 Å². The van der Waals surface area contributed by atoms with Crippen molar-refractivity contribution in [1.29, 1.82) is 5.26 Å². The molecule has 2 rings (SSSR count). The smallest absolute Gasteiger partial charge is 0.139 e. The third-order valence-corrected chi connectivity index (χ3v) is 2.94. The minimum absolute atomic E-state index is 0.370. The molecule has 98 valence electrons. The zero-order valence-corrected chi connectivity index (χ0v) is 11.4. The van der Waals surface area contributed by atoms with E-state index >= 15 is 0 Å². The zero-order chi connectivity index (χ0) is 13.7. The number of halogens is 1. The summed E-state index contributed by atoms with van der Waals surface area (Å²) >= 11 is 5.91. The summed E-state index contributed by atoms with van der Waals surface area (Å²) in [5, 5.41) is 9.57. The lowest BCUT2D eigenvalue weighted by Crippen LogP contribution is -2.05. The van der Waals surface area contributed by atoms with Gasteiger partial charge in [0.15, 0.2) is 0 Å². The fraction of sp³-hybridized carbons (Fsp3) is 0.286. The highest BCUT2D eigenvalue weighted by Gasteiger charge is 2.07. The van der Waals surface area contributed by atoms with Crippen molar-refractivity contribution >= 4 is 11.6 Å². The molecule has 0 saturated carbocycles. The van der Waals surface area contributed by atoms with Gasteiger partial charge in [-0.05, 0) is 18.6 Å². The van der Waals surface area contributed by atoms with E-state index in [1.807, 2.05) is 4.57 Å². The van der Waals surface area contributed by atoms with Gasteiger partial charge in [0.2, 0.25) is 0 Å². The molecule has 5 heteroatoms. The number of aryl methyl sites for hydroxylation is 1. The average molecular weight is 276 g/mol. The second-order valence-electron chi connectivity index (χ2n) is 4.12. The number of imidazole rings is 1. The number of nitriles is 1. The Morgan fingerprint density at radius 2 is 2.32 bits per heavy atom. The Hall–Kier alpha value is -1.99. The van der Waals surface area contributed by atoms with Crippen molar-refractivity contribution in [2.45, 2.75) is 26.5 Å². The molecule has 1 heterocycles. The second-order valence-corrected chi connectivity index (χ2v) is 4.56. The third kappa shape index (κ3) is 3.27. The molecular weight excluding hydrogens is 262 g/mol. The van der Waals surface area contributed by atoms with E-state index in [9.17, 15) is 0 Å². The molecule has 19 heavy (non-hydrogen) atoms. The van der Waals surface area contributed by atoms with Crippen molar-refractivity contribution in [3.05, 3.63) is 47.0 Å². The number of ether oxygens (including phenoxy) is 1. The fourth-order valence-corrected chi connectivity index (χ4v) is 1.93. The normalized spacial score (nSPS) is 10.2. The molecule has 0 fully saturated rings. The van der Waals surface area contributed by atoms with Gasteiger partial charge >= 0.3 is 0 Å². The lowest BCUT2D eigenvalue weighted by atomic mass is 10.2. The maximum absolute atomic E-state index is 9.01. The van der Waals surface area contributed by atoms with Crippen LogP contribution in [0.2, 0.25) is 5.02 Å². The summed E-state index contributed by atoms with van der Waals surface area (Å²) in [4.78, 5) is 4.11. The molecule has 0 unspecified atom stereocenters. The van der Waals surface area contributed by atoms with E-state index in [0.29, 0.717) is 22.9 Å². The maximum atomic E-state index is 9.01. The van der Waals surface area contributed by atoms with Crippen molar-refractivity contribution in [3.63, 3.8) is 0 Å². The van der Waals surface area contributed by atoms with Gasteiger partial charge in [0, 0.05) is 17.6 Å². The van der Waals surface area contributed by atoms with Gasteiger partial charge in [-0.3, -0.25) is 0 Å². The van der Waals surface area contributed by atoms with Gasteiger partial charge in [0.25, 0.3) is 0 Å².